The molecule has 0 aliphatic heterocycles. The van der Waals surface area contributed by atoms with E-state index in [0.717, 1.165) is 11.3 Å². The number of hydrogen-bond donors (Lipinski definition) is 1. The number of halogens is 2. The molecule has 0 unspecified atom stereocenters. The minimum atomic E-state index is 0.498. The van der Waals surface area contributed by atoms with Crippen molar-refractivity contribution in [2.45, 2.75) is 0 Å². The maximum absolute atomic E-state index is 6.07. The first-order chi connectivity index (χ1) is 7.18. The van der Waals surface area contributed by atoms with Crippen molar-refractivity contribution in [1.29, 1.82) is 0 Å². The van der Waals surface area contributed by atoms with E-state index in [9.17, 15) is 0 Å². The molecule has 0 aliphatic rings. The van der Waals surface area contributed by atoms with Gasteiger partial charge in [0, 0.05) is 5.56 Å². The molecule has 5 heteroatoms. The van der Waals surface area contributed by atoms with Crippen LogP contribution in [0, 0.1) is 4.64 Å². The predicted octanol–water partition coefficient (Wildman–Crippen LogP) is 4.11. The molecule has 76 valence electrons. The van der Waals surface area contributed by atoms with Crippen LogP contribution >= 0.6 is 35.4 Å². The van der Waals surface area contributed by atoms with E-state index in [1.165, 1.54) is 0 Å². The van der Waals surface area contributed by atoms with Crippen LogP contribution in [-0.4, -0.2) is 9.97 Å². The molecule has 0 spiro atoms. The number of benzene rings is 1. The zero-order valence-electron chi connectivity index (χ0n) is 7.50. The number of H-pyrrole nitrogens is 1. The minimum Gasteiger partial charge on any atom is -0.344 e. The van der Waals surface area contributed by atoms with Crippen molar-refractivity contribution in [3.8, 4) is 11.3 Å². The average Bonchev–Trinajstić information content (AvgIpc) is 2.22. The predicted molar refractivity (Wildman–Crippen MR) is 64.9 cm³/mol. The Morgan fingerprint density at radius 1 is 1.20 bits per heavy atom. The second-order valence-corrected chi connectivity index (χ2v) is 4.14. The highest BCUT2D eigenvalue weighted by atomic mass is 35.5. The zero-order valence-corrected chi connectivity index (χ0v) is 9.83. The van der Waals surface area contributed by atoms with Crippen molar-refractivity contribution in [3.05, 3.63) is 45.3 Å². The lowest BCUT2D eigenvalue weighted by Crippen LogP contribution is -1.87. The number of aromatic amines is 1. The van der Waals surface area contributed by atoms with Gasteiger partial charge in [0.15, 0.2) is 0 Å². The van der Waals surface area contributed by atoms with Gasteiger partial charge in [-0.05, 0) is 6.07 Å². The summed E-state index contributed by atoms with van der Waals surface area (Å²) in [5.74, 6) is 0. The molecule has 1 N–H and O–H groups in total. The Kier molecular flexibility index (Phi) is 3.05. The van der Waals surface area contributed by atoms with Crippen molar-refractivity contribution in [2.24, 2.45) is 0 Å². The third-order valence-corrected chi connectivity index (χ3v) is 2.92. The Morgan fingerprint density at radius 3 is 2.73 bits per heavy atom. The van der Waals surface area contributed by atoms with Crippen LogP contribution in [-0.2, 0) is 0 Å². The van der Waals surface area contributed by atoms with Crippen LogP contribution in [0.4, 0.5) is 0 Å². The van der Waals surface area contributed by atoms with E-state index < -0.39 is 0 Å². The molecule has 1 heterocycles. The zero-order chi connectivity index (χ0) is 10.8. The van der Waals surface area contributed by atoms with Gasteiger partial charge in [0.1, 0.15) is 4.64 Å². The Morgan fingerprint density at radius 2 is 2.00 bits per heavy atom. The van der Waals surface area contributed by atoms with Gasteiger partial charge in [-0.2, -0.15) is 0 Å². The fourth-order valence-electron chi connectivity index (χ4n) is 1.23. The van der Waals surface area contributed by atoms with Crippen LogP contribution in [0.5, 0.6) is 0 Å². The highest BCUT2D eigenvalue weighted by Gasteiger charge is 2.06. The van der Waals surface area contributed by atoms with E-state index in [2.05, 4.69) is 9.97 Å². The summed E-state index contributed by atoms with van der Waals surface area (Å²) in [6.07, 6.45) is 3.23. The van der Waals surface area contributed by atoms with Gasteiger partial charge in [-0.1, -0.05) is 47.6 Å². The summed E-state index contributed by atoms with van der Waals surface area (Å²) in [5, 5.41) is 1.01. The Labute approximate surface area is 102 Å². The van der Waals surface area contributed by atoms with E-state index >= 15 is 0 Å². The van der Waals surface area contributed by atoms with E-state index in [0.29, 0.717) is 14.7 Å². The molecule has 0 aliphatic carbocycles. The highest BCUT2D eigenvalue weighted by molar-refractivity contribution is 7.71. The number of nitrogens with one attached hydrogen (secondary N) is 1. The molecule has 15 heavy (non-hydrogen) atoms. The number of nitrogens with zero attached hydrogens (tertiary/aromatic N) is 1. The standard InChI is InChI=1S/C10H6Cl2N2S/c11-7-3-1-2-6(10(7)12)8-4-13-5-9(15)14-8/h1-5H,(H,14,15). The van der Waals surface area contributed by atoms with Crippen LogP contribution in [0.2, 0.25) is 10.0 Å². The fraction of sp³-hybridized carbons (Fsp3) is 0. The topological polar surface area (TPSA) is 28.7 Å². The molecular weight excluding hydrogens is 251 g/mol. The largest absolute Gasteiger partial charge is 0.344 e. The Bertz CT molecular complexity index is 551. The molecule has 2 nitrogen and oxygen atoms in total. The highest BCUT2D eigenvalue weighted by Crippen LogP contribution is 2.31. The van der Waals surface area contributed by atoms with Gasteiger partial charge in [-0.25, -0.2) is 0 Å². The summed E-state index contributed by atoms with van der Waals surface area (Å²) in [6.45, 7) is 0. The van der Waals surface area contributed by atoms with Crippen LogP contribution in [0.25, 0.3) is 11.3 Å². The summed E-state index contributed by atoms with van der Waals surface area (Å²) in [4.78, 5) is 7.00. The summed E-state index contributed by atoms with van der Waals surface area (Å²) in [7, 11) is 0. The lowest BCUT2D eigenvalue weighted by molar-refractivity contribution is 1.18. The summed E-state index contributed by atoms with van der Waals surface area (Å²) in [5.41, 5.74) is 1.55. The van der Waals surface area contributed by atoms with E-state index in [1.807, 2.05) is 12.1 Å². The molecule has 2 aromatic rings. The van der Waals surface area contributed by atoms with Crippen molar-refractivity contribution in [2.75, 3.05) is 0 Å². The molecule has 0 amide bonds. The normalized spacial score (nSPS) is 10.3. The number of rotatable bonds is 1. The Hall–Kier alpha value is -0.900. The van der Waals surface area contributed by atoms with Crippen LogP contribution in [0.1, 0.15) is 0 Å². The van der Waals surface area contributed by atoms with Crippen molar-refractivity contribution >= 4 is 35.4 Å². The molecule has 0 radical (unpaired) electrons. The summed E-state index contributed by atoms with van der Waals surface area (Å²) in [6, 6.07) is 5.42. The van der Waals surface area contributed by atoms with E-state index in [1.54, 1.807) is 18.5 Å². The molecular formula is C10H6Cl2N2S. The Balaban J connectivity index is 2.64. The quantitative estimate of drug-likeness (QED) is 0.778. The molecule has 1 aromatic heterocycles. The number of hydrogen-bond acceptors (Lipinski definition) is 2. The molecule has 0 atom stereocenters. The molecule has 0 saturated carbocycles. The monoisotopic (exact) mass is 256 g/mol. The van der Waals surface area contributed by atoms with Gasteiger partial charge in [0.2, 0.25) is 0 Å². The molecule has 2 rings (SSSR count). The third-order valence-electron chi connectivity index (χ3n) is 1.90. The lowest BCUT2D eigenvalue weighted by atomic mass is 10.1. The second-order valence-electron chi connectivity index (χ2n) is 2.91. The first kappa shape index (κ1) is 10.6. The number of aromatic nitrogens is 2. The van der Waals surface area contributed by atoms with Gasteiger partial charge in [-0.3, -0.25) is 4.98 Å². The maximum Gasteiger partial charge on any atom is 0.122 e. The lowest BCUT2D eigenvalue weighted by Gasteiger charge is -2.04. The fourth-order valence-corrected chi connectivity index (χ4v) is 1.80. The van der Waals surface area contributed by atoms with E-state index in [4.69, 9.17) is 35.4 Å². The van der Waals surface area contributed by atoms with Crippen LogP contribution in [0.3, 0.4) is 0 Å². The molecule has 0 saturated heterocycles. The first-order valence-corrected chi connectivity index (χ1v) is 5.33. The third kappa shape index (κ3) is 2.20. The van der Waals surface area contributed by atoms with Gasteiger partial charge in [0.05, 0.1) is 28.1 Å². The minimum absolute atomic E-state index is 0.498. The van der Waals surface area contributed by atoms with Crippen molar-refractivity contribution < 1.29 is 0 Å². The van der Waals surface area contributed by atoms with Crippen LogP contribution in [0.15, 0.2) is 30.6 Å². The van der Waals surface area contributed by atoms with Gasteiger partial charge in [-0.15, -0.1) is 0 Å². The van der Waals surface area contributed by atoms with Crippen molar-refractivity contribution in [1.82, 2.24) is 9.97 Å². The average molecular weight is 257 g/mol. The maximum atomic E-state index is 6.07. The van der Waals surface area contributed by atoms with Gasteiger partial charge < -0.3 is 4.98 Å². The summed E-state index contributed by atoms with van der Waals surface area (Å²) >= 11 is 17.0. The SMILES string of the molecule is S=c1cncc(-c2cccc(Cl)c2Cl)[nH]1. The van der Waals surface area contributed by atoms with Crippen LogP contribution < -0.4 is 0 Å². The van der Waals surface area contributed by atoms with Crippen molar-refractivity contribution in [3.63, 3.8) is 0 Å². The first-order valence-electron chi connectivity index (χ1n) is 4.17. The molecule has 0 fully saturated rings. The second kappa shape index (κ2) is 4.31. The van der Waals surface area contributed by atoms with Gasteiger partial charge >= 0.3 is 0 Å². The summed E-state index contributed by atoms with van der Waals surface area (Å²) < 4.78 is 0.559. The van der Waals surface area contributed by atoms with E-state index in [-0.39, 0.29) is 0 Å². The molecule has 0 bridgehead atoms. The molecule has 1 aromatic carbocycles. The smallest absolute Gasteiger partial charge is 0.122 e. The van der Waals surface area contributed by atoms with Gasteiger partial charge in [0.25, 0.3) is 0 Å².